The summed E-state index contributed by atoms with van der Waals surface area (Å²) < 4.78 is 0. The van der Waals surface area contributed by atoms with Gasteiger partial charge in [-0.2, -0.15) is 0 Å². The topological polar surface area (TPSA) is 66.4 Å². The summed E-state index contributed by atoms with van der Waals surface area (Å²) in [5.74, 6) is -1.02. The van der Waals surface area contributed by atoms with Crippen LogP contribution in [0.4, 0.5) is 0 Å². The van der Waals surface area contributed by atoms with Gasteiger partial charge in [-0.05, 0) is 31.6 Å². The molecule has 4 heteroatoms. The van der Waals surface area contributed by atoms with Crippen LogP contribution in [0.2, 0.25) is 0 Å². The Morgan fingerprint density at radius 1 is 0.895 bits per heavy atom. The molecule has 0 bridgehead atoms. The zero-order chi connectivity index (χ0) is 13.7. The summed E-state index contributed by atoms with van der Waals surface area (Å²) in [5.41, 5.74) is 0. The number of rotatable bonds is 4. The molecule has 0 heterocycles. The normalized spacial score (nSPS) is 28.8. The lowest BCUT2D eigenvalue weighted by Crippen LogP contribution is -2.41. The molecule has 1 amide bonds. The monoisotopic (exact) mass is 267 g/mol. The Bertz CT molecular complexity index is 323. The Morgan fingerprint density at radius 2 is 1.47 bits per heavy atom. The van der Waals surface area contributed by atoms with Gasteiger partial charge in [-0.25, -0.2) is 0 Å². The number of carbonyl (C=O) groups excluding carboxylic acids is 1. The molecule has 2 N–H and O–H groups in total. The third-order valence-electron chi connectivity index (χ3n) is 4.71. The highest BCUT2D eigenvalue weighted by atomic mass is 16.4. The Kier molecular flexibility index (Phi) is 5.23. The zero-order valence-electron chi connectivity index (χ0n) is 11.6. The first-order valence-electron chi connectivity index (χ1n) is 7.69. The molecule has 0 aromatic heterocycles. The van der Waals surface area contributed by atoms with Gasteiger partial charge < -0.3 is 10.4 Å². The molecule has 2 atom stereocenters. The minimum atomic E-state index is -0.808. The van der Waals surface area contributed by atoms with E-state index in [1.807, 2.05) is 0 Å². The molecule has 0 spiro atoms. The first-order valence-corrected chi connectivity index (χ1v) is 7.69. The van der Waals surface area contributed by atoms with E-state index >= 15 is 0 Å². The Hall–Kier alpha value is -1.06. The van der Waals surface area contributed by atoms with Crippen LogP contribution < -0.4 is 5.32 Å². The summed E-state index contributed by atoms with van der Waals surface area (Å²) in [7, 11) is 0. The van der Waals surface area contributed by atoms with E-state index in [2.05, 4.69) is 5.32 Å². The molecule has 108 valence electrons. The van der Waals surface area contributed by atoms with Crippen LogP contribution in [-0.4, -0.2) is 23.5 Å². The highest BCUT2D eigenvalue weighted by Gasteiger charge is 2.35. The van der Waals surface area contributed by atoms with Crippen LogP contribution in [0.25, 0.3) is 0 Å². The minimum absolute atomic E-state index is 0.0299. The van der Waals surface area contributed by atoms with Crippen molar-refractivity contribution in [1.82, 2.24) is 5.32 Å². The zero-order valence-corrected chi connectivity index (χ0v) is 11.6. The van der Waals surface area contributed by atoms with Crippen molar-refractivity contribution in [3.63, 3.8) is 0 Å². The van der Waals surface area contributed by atoms with Crippen molar-refractivity contribution in [3.8, 4) is 0 Å². The SMILES string of the molecule is O=C(O)[C@H]1CCCC[C@@H]1C(=O)NCC1CCCCC1. The number of amides is 1. The van der Waals surface area contributed by atoms with Gasteiger partial charge in [-0.3, -0.25) is 9.59 Å². The van der Waals surface area contributed by atoms with Crippen molar-refractivity contribution in [2.24, 2.45) is 17.8 Å². The van der Waals surface area contributed by atoms with Crippen molar-refractivity contribution >= 4 is 11.9 Å². The lowest BCUT2D eigenvalue weighted by molar-refractivity contribution is -0.149. The molecule has 2 fully saturated rings. The van der Waals surface area contributed by atoms with Gasteiger partial charge in [0, 0.05) is 6.54 Å². The Labute approximate surface area is 115 Å². The predicted octanol–water partition coefficient (Wildman–Crippen LogP) is 2.57. The fraction of sp³-hybridized carbons (Fsp3) is 0.867. The van der Waals surface area contributed by atoms with Gasteiger partial charge in [0.25, 0.3) is 0 Å². The van der Waals surface area contributed by atoms with E-state index in [1.165, 1.54) is 32.1 Å². The summed E-state index contributed by atoms with van der Waals surface area (Å²) in [6.07, 6.45) is 9.54. The lowest BCUT2D eigenvalue weighted by atomic mass is 9.78. The average molecular weight is 267 g/mol. The van der Waals surface area contributed by atoms with E-state index < -0.39 is 11.9 Å². The maximum absolute atomic E-state index is 12.2. The van der Waals surface area contributed by atoms with Gasteiger partial charge in [0.1, 0.15) is 0 Å². The Morgan fingerprint density at radius 3 is 2.11 bits per heavy atom. The summed E-state index contributed by atoms with van der Waals surface area (Å²) in [4.78, 5) is 23.4. The molecule has 0 aromatic carbocycles. The first kappa shape index (κ1) is 14.4. The molecule has 0 aliphatic heterocycles. The van der Waals surface area contributed by atoms with Gasteiger partial charge in [0.05, 0.1) is 11.8 Å². The van der Waals surface area contributed by atoms with E-state index in [1.54, 1.807) is 0 Å². The maximum Gasteiger partial charge on any atom is 0.307 e. The maximum atomic E-state index is 12.2. The Balaban J connectivity index is 1.81. The van der Waals surface area contributed by atoms with Gasteiger partial charge in [-0.1, -0.05) is 32.1 Å². The molecular weight excluding hydrogens is 242 g/mol. The summed E-state index contributed by atoms with van der Waals surface area (Å²) in [6.45, 7) is 0.738. The molecule has 0 saturated heterocycles. The second kappa shape index (κ2) is 6.92. The molecular formula is C15H25NO3. The van der Waals surface area contributed by atoms with Crippen LogP contribution in [0.5, 0.6) is 0 Å². The van der Waals surface area contributed by atoms with Crippen molar-refractivity contribution < 1.29 is 14.7 Å². The predicted molar refractivity (Wildman–Crippen MR) is 72.7 cm³/mol. The molecule has 0 radical (unpaired) electrons. The molecule has 2 aliphatic carbocycles. The summed E-state index contributed by atoms with van der Waals surface area (Å²) in [5, 5.41) is 12.2. The van der Waals surface area contributed by atoms with Crippen molar-refractivity contribution in [1.29, 1.82) is 0 Å². The molecule has 2 rings (SSSR count). The lowest BCUT2D eigenvalue weighted by Gasteiger charge is -2.29. The van der Waals surface area contributed by atoms with Crippen LogP contribution in [0.3, 0.4) is 0 Å². The van der Waals surface area contributed by atoms with Crippen LogP contribution >= 0.6 is 0 Å². The second-order valence-electron chi connectivity index (χ2n) is 6.08. The second-order valence-corrected chi connectivity index (χ2v) is 6.08. The molecule has 0 unspecified atom stereocenters. The van der Waals surface area contributed by atoms with E-state index in [9.17, 15) is 14.7 Å². The third kappa shape index (κ3) is 3.95. The highest BCUT2D eigenvalue weighted by molar-refractivity contribution is 5.84. The summed E-state index contributed by atoms with van der Waals surface area (Å²) >= 11 is 0. The molecule has 0 aromatic rings. The number of carboxylic acids is 1. The number of carbonyl (C=O) groups is 2. The van der Waals surface area contributed by atoms with Crippen molar-refractivity contribution in [3.05, 3.63) is 0 Å². The van der Waals surface area contributed by atoms with Crippen LogP contribution in [0.15, 0.2) is 0 Å². The van der Waals surface area contributed by atoms with Gasteiger partial charge in [0.15, 0.2) is 0 Å². The number of aliphatic carboxylic acids is 1. The highest BCUT2D eigenvalue weighted by Crippen LogP contribution is 2.30. The van der Waals surface area contributed by atoms with Crippen LogP contribution in [0.1, 0.15) is 57.8 Å². The summed E-state index contributed by atoms with van der Waals surface area (Å²) in [6, 6.07) is 0. The van der Waals surface area contributed by atoms with Crippen molar-refractivity contribution in [2.75, 3.05) is 6.54 Å². The van der Waals surface area contributed by atoms with E-state index in [-0.39, 0.29) is 11.8 Å². The number of hydrogen-bond donors (Lipinski definition) is 2. The average Bonchev–Trinajstić information content (AvgIpc) is 2.46. The van der Waals surface area contributed by atoms with Gasteiger partial charge >= 0.3 is 5.97 Å². The molecule has 2 aliphatic rings. The van der Waals surface area contributed by atoms with E-state index in [0.717, 1.165) is 25.8 Å². The number of carboxylic acid groups (broad SMARTS) is 1. The fourth-order valence-electron chi connectivity index (χ4n) is 3.51. The number of hydrogen-bond acceptors (Lipinski definition) is 2. The molecule has 4 nitrogen and oxygen atoms in total. The molecule has 2 saturated carbocycles. The largest absolute Gasteiger partial charge is 0.481 e. The van der Waals surface area contributed by atoms with Crippen LogP contribution in [-0.2, 0) is 9.59 Å². The van der Waals surface area contributed by atoms with E-state index in [0.29, 0.717) is 12.3 Å². The van der Waals surface area contributed by atoms with Gasteiger partial charge in [0.2, 0.25) is 5.91 Å². The fourth-order valence-corrected chi connectivity index (χ4v) is 3.51. The standard InChI is InChI=1S/C15H25NO3/c17-14(16-10-11-6-2-1-3-7-11)12-8-4-5-9-13(12)15(18)19/h11-13H,1-10H2,(H,16,17)(H,18,19)/t12-,13-/m0/s1. The first-order chi connectivity index (χ1) is 9.18. The smallest absolute Gasteiger partial charge is 0.307 e. The van der Waals surface area contributed by atoms with E-state index in [4.69, 9.17) is 0 Å². The minimum Gasteiger partial charge on any atom is -0.481 e. The number of nitrogens with one attached hydrogen (secondary N) is 1. The molecule has 19 heavy (non-hydrogen) atoms. The van der Waals surface area contributed by atoms with Crippen molar-refractivity contribution in [2.45, 2.75) is 57.8 Å². The third-order valence-corrected chi connectivity index (χ3v) is 4.71. The van der Waals surface area contributed by atoms with Crippen LogP contribution in [0, 0.1) is 17.8 Å². The van der Waals surface area contributed by atoms with Gasteiger partial charge in [-0.15, -0.1) is 0 Å². The quantitative estimate of drug-likeness (QED) is 0.822.